The highest BCUT2D eigenvalue weighted by molar-refractivity contribution is 7.89. The second kappa shape index (κ2) is 5.24. The van der Waals surface area contributed by atoms with E-state index in [0.717, 1.165) is 4.31 Å². The highest BCUT2D eigenvalue weighted by atomic mass is 32.2. The molecule has 0 saturated carbocycles. The monoisotopic (exact) mass is 286 g/mol. The van der Waals surface area contributed by atoms with E-state index >= 15 is 0 Å². The Morgan fingerprint density at radius 3 is 2.84 bits per heavy atom. The Morgan fingerprint density at radius 2 is 2.26 bits per heavy atom. The van der Waals surface area contributed by atoms with E-state index in [0.29, 0.717) is 0 Å². The van der Waals surface area contributed by atoms with Crippen LogP contribution in [-0.2, 0) is 19.6 Å². The van der Waals surface area contributed by atoms with E-state index in [9.17, 15) is 13.2 Å². The van der Waals surface area contributed by atoms with Crippen LogP contribution in [0.1, 0.15) is 0 Å². The van der Waals surface area contributed by atoms with E-state index in [1.807, 2.05) is 0 Å². The largest absolute Gasteiger partial charge is 0.481 e. The number of ether oxygens (including phenoxy) is 1. The molecule has 2 atom stereocenters. The minimum Gasteiger partial charge on any atom is -0.481 e. The molecule has 0 spiro atoms. The minimum atomic E-state index is -3.76. The van der Waals surface area contributed by atoms with Crippen LogP contribution >= 0.6 is 0 Å². The van der Waals surface area contributed by atoms with Gasteiger partial charge in [0.2, 0.25) is 10.0 Å². The average molecular weight is 286 g/mol. The lowest BCUT2D eigenvalue weighted by Gasteiger charge is -2.25. The maximum Gasteiger partial charge on any atom is 0.310 e. The number of nitrogens with zero attached hydrogens (tertiary/aromatic N) is 2. The average Bonchev–Trinajstić information content (AvgIpc) is 2.88. The van der Waals surface area contributed by atoms with Crippen molar-refractivity contribution in [1.29, 1.82) is 0 Å². The first-order valence-electron chi connectivity index (χ1n) is 5.63. The van der Waals surface area contributed by atoms with Crippen molar-refractivity contribution in [1.82, 2.24) is 9.29 Å². The van der Waals surface area contributed by atoms with Gasteiger partial charge in [-0.2, -0.15) is 4.31 Å². The van der Waals surface area contributed by atoms with Gasteiger partial charge in [0.05, 0.1) is 25.2 Å². The number of carbonyl (C=O) groups is 1. The Labute approximate surface area is 110 Å². The van der Waals surface area contributed by atoms with Crippen molar-refractivity contribution in [3.63, 3.8) is 0 Å². The zero-order valence-electron chi connectivity index (χ0n) is 10.3. The Kier molecular flexibility index (Phi) is 3.83. The molecule has 0 aromatic carbocycles. The predicted molar refractivity (Wildman–Crippen MR) is 64.9 cm³/mol. The van der Waals surface area contributed by atoms with E-state index in [1.165, 1.54) is 31.6 Å². The minimum absolute atomic E-state index is 0.0207. The van der Waals surface area contributed by atoms with Gasteiger partial charge in [0.25, 0.3) is 0 Å². The summed E-state index contributed by atoms with van der Waals surface area (Å²) in [4.78, 5) is 14.9. The molecule has 1 fully saturated rings. The molecule has 1 aromatic heterocycles. The van der Waals surface area contributed by atoms with E-state index in [1.54, 1.807) is 0 Å². The topological polar surface area (TPSA) is 96.8 Å². The molecule has 1 aliphatic rings. The number of pyridine rings is 1. The van der Waals surface area contributed by atoms with Crippen LogP contribution in [0, 0.1) is 5.92 Å². The third-order valence-electron chi connectivity index (χ3n) is 3.15. The maximum absolute atomic E-state index is 12.3. The molecular formula is C11H14N2O5S. The number of rotatable bonds is 4. The molecule has 104 valence electrons. The van der Waals surface area contributed by atoms with Crippen molar-refractivity contribution in [2.24, 2.45) is 5.92 Å². The fraction of sp³-hybridized carbons (Fsp3) is 0.455. The molecule has 19 heavy (non-hydrogen) atoms. The Morgan fingerprint density at radius 1 is 1.53 bits per heavy atom. The first-order chi connectivity index (χ1) is 8.94. The van der Waals surface area contributed by atoms with Crippen LogP contribution in [0.25, 0.3) is 0 Å². The second-order valence-electron chi connectivity index (χ2n) is 4.26. The van der Waals surface area contributed by atoms with Gasteiger partial charge in [-0.25, -0.2) is 8.42 Å². The molecule has 2 heterocycles. The maximum atomic E-state index is 12.3. The van der Waals surface area contributed by atoms with Crippen molar-refractivity contribution in [3.05, 3.63) is 24.5 Å². The van der Waals surface area contributed by atoms with Gasteiger partial charge in [0.15, 0.2) is 0 Å². The summed E-state index contributed by atoms with van der Waals surface area (Å²) in [5.41, 5.74) is 0. The molecular weight excluding hydrogens is 272 g/mol. The molecule has 2 unspecified atom stereocenters. The summed E-state index contributed by atoms with van der Waals surface area (Å²) >= 11 is 0. The molecule has 0 amide bonds. The predicted octanol–water partition coefficient (Wildman–Crippen LogP) is -0.198. The molecule has 0 bridgehead atoms. The molecule has 0 aliphatic carbocycles. The quantitative estimate of drug-likeness (QED) is 0.823. The molecule has 1 aromatic rings. The zero-order valence-corrected chi connectivity index (χ0v) is 11.1. The number of hydrogen-bond donors (Lipinski definition) is 1. The molecule has 0 radical (unpaired) electrons. The van der Waals surface area contributed by atoms with Gasteiger partial charge in [0.1, 0.15) is 4.90 Å². The standard InChI is InChI=1S/C11H14N2O5S/c1-13(10-7-18-6-9(10)11(14)15)19(16,17)8-3-2-4-12-5-8/h2-5,9-10H,6-7H2,1H3,(H,14,15). The van der Waals surface area contributed by atoms with Crippen LogP contribution < -0.4 is 0 Å². The summed E-state index contributed by atoms with van der Waals surface area (Å²) in [5.74, 6) is -1.91. The number of carboxylic acids is 1. The summed E-state index contributed by atoms with van der Waals surface area (Å²) in [7, 11) is -2.40. The highest BCUT2D eigenvalue weighted by Gasteiger charge is 2.41. The normalized spacial score (nSPS) is 23.7. The number of carboxylic acid groups (broad SMARTS) is 1. The Balaban J connectivity index is 2.29. The van der Waals surface area contributed by atoms with Gasteiger partial charge in [-0.1, -0.05) is 0 Å². The Hall–Kier alpha value is -1.51. The van der Waals surface area contributed by atoms with Crippen molar-refractivity contribution in [2.75, 3.05) is 20.3 Å². The summed E-state index contributed by atoms with van der Waals surface area (Å²) < 4.78 is 30.8. The molecule has 7 nitrogen and oxygen atoms in total. The van der Waals surface area contributed by atoms with Crippen molar-refractivity contribution < 1.29 is 23.1 Å². The zero-order chi connectivity index (χ0) is 14.0. The second-order valence-corrected chi connectivity index (χ2v) is 6.26. The third-order valence-corrected chi connectivity index (χ3v) is 5.01. The lowest BCUT2D eigenvalue weighted by atomic mass is 10.1. The van der Waals surface area contributed by atoms with Crippen LogP contribution in [0.15, 0.2) is 29.4 Å². The van der Waals surface area contributed by atoms with Crippen LogP contribution in [0.4, 0.5) is 0 Å². The summed E-state index contributed by atoms with van der Waals surface area (Å²) in [6.07, 6.45) is 2.70. The molecule has 8 heteroatoms. The van der Waals surface area contributed by atoms with Crippen LogP contribution in [-0.4, -0.2) is 55.1 Å². The highest BCUT2D eigenvalue weighted by Crippen LogP contribution is 2.24. The third kappa shape index (κ3) is 2.60. The molecule has 1 aliphatic heterocycles. The summed E-state index contributed by atoms with van der Waals surface area (Å²) in [6.45, 7) is 0.0971. The van der Waals surface area contributed by atoms with Gasteiger partial charge in [0, 0.05) is 19.4 Å². The van der Waals surface area contributed by atoms with E-state index < -0.39 is 28.0 Å². The molecule has 1 N–H and O–H groups in total. The molecule has 2 rings (SSSR count). The van der Waals surface area contributed by atoms with Gasteiger partial charge in [-0.15, -0.1) is 0 Å². The molecule has 1 saturated heterocycles. The summed E-state index contributed by atoms with van der Waals surface area (Å²) in [6, 6.07) is 2.23. The van der Waals surface area contributed by atoms with E-state index in [2.05, 4.69) is 4.98 Å². The van der Waals surface area contributed by atoms with Crippen LogP contribution in [0.3, 0.4) is 0 Å². The number of sulfonamides is 1. The van der Waals surface area contributed by atoms with Crippen molar-refractivity contribution >= 4 is 16.0 Å². The van der Waals surface area contributed by atoms with Crippen LogP contribution in [0.5, 0.6) is 0 Å². The first kappa shape index (κ1) is 13.9. The number of hydrogen-bond acceptors (Lipinski definition) is 5. The fourth-order valence-corrected chi connectivity index (χ4v) is 3.32. The lowest BCUT2D eigenvalue weighted by molar-refractivity contribution is -0.142. The van der Waals surface area contributed by atoms with Gasteiger partial charge >= 0.3 is 5.97 Å². The number of likely N-dealkylation sites (N-methyl/N-ethyl adjacent to an activating group) is 1. The number of aliphatic carboxylic acids is 1. The van der Waals surface area contributed by atoms with Crippen molar-refractivity contribution in [2.45, 2.75) is 10.9 Å². The van der Waals surface area contributed by atoms with Gasteiger partial charge in [-0.05, 0) is 12.1 Å². The SMILES string of the molecule is CN(C1COCC1C(=O)O)S(=O)(=O)c1cccnc1. The Bertz CT molecular complexity index is 560. The van der Waals surface area contributed by atoms with E-state index in [4.69, 9.17) is 9.84 Å². The summed E-state index contributed by atoms with van der Waals surface area (Å²) in [5, 5.41) is 9.06. The lowest BCUT2D eigenvalue weighted by Crippen LogP contribution is -2.44. The van der Waals surface area contributed by atoms with Crippen molar-refractivity contribution in [3.8, 4) is 0 Å². The fourth-order valence-electron chi connectivity index (χ4n) is 1.98. The number of aromatic nitrogens is 1. The first-order valence-corrected chi connectivity index (χ1v) is 7.07. The smallest absolute Gasteiger partial charge is 0.310 e. The van der Waals surface area contributed by atoms with E-state index in [-0.39, 0.29) is 18.1 Å². The van der Waals surface area contributed by atoms with Gasteiger partial charge < -0.3 is 9.84 Å². The van der Waals surface area contributed by atoms with Gasteiger partial charge in [-0.3, -0.25) is 9.78 Å². The van der Waals surface area contributed by atoms with Crippen LogP contribution in [0.2, 0.25) is 0 Å².